The van der Waals surface area contributed by atoms with E-state index in [4.69, 9.17) is 23.2 Å². The maximum atomic E-state index is 13.3. The molecule has 0 spiro atoms. The van der Waals surface area contributed by atoms with E-state index in [-0.39, 0.29) is 22.6 Å². The Morgan fingerprint density at radius 1 is 1.10 bits per heavy atom. The monoisotopic (exact) mass is 433 g/mol. The van der Waals surface area contributed by atoms with Crippen molar-refractivity contribution in [1.29, 1.82) is 0 Å². The number of hydrogen-bond donors (Lipinski definition) is 2. The third-order valence-electron chi connectivity index (χ3n) is 5.42. The lowest BCUT2D eigenvalue weighted by Gasteiger charge is -2.20. The predicted octanol–water partition coefficient (Wildman–Crippen LogP) is 5.86. The Labute approximate surface area is 178 Å². The number of aromatic hydroxyl groups is 1. The lowest BCUT2D eigenvalue weighted by atomic mass is 9.84. The first kappa shape index (κ1) is 21.2. The molecule has 3 rings (SSSR count). The first-order valence-corrected chi connectivity index (χ1v) is 10.00. The van der Waals surface area contributed by atoms with Gasteiger partial charge in [0.1, 0.15) is 5.75 Å². The zero-order valence-electron chi connectivity index (χ0n) is 16.2. The van der Waals surface area contributed by atoms with Gasteiger partial charge in [-0.3, -0.25) is 14.2 Å². The van der Waals surface area contributed by atoms with E-state index in [0.717, 1.165) is 0 Å². The van der Waals surface area contributed by atoms with Crippen molar-refractivity contribution in [2.24, 2.45) is 5.92 Å². The average molecular weight is 434 g/mol. The highest BCUT2D eigenvalue weighted by atomic mass is 35.5. The van der Waals surface area contributed by atoms with Gasteiger partial charge >= 0.3 is 5.97 Å². The van der Waals surface area contributed by atoms with Crippen LogP contribution in [0.4, 0.5) is 0 Å². The first-order chi connectivity index (χ1) is 13.7. The van der Waals surface area contributed by atoms with Crippen LogP contribution in [0.1, 0.15) is 47.8 Å². The topological polar surface area (TPSA) is 79.5 Å². The minimum absolute atomic E-state index is 0.0396. The molecule has 0 saturated heterocycles. The molecule has 7 heteroatoms. The fourth-order valence-electron chi connectivity index (χ4n) is 3.73. The van der Waals surface area contributed by atoms with E-state index >= 15 is 0 Å². The summed E-state index contributed by atoms with van der Waals surface area (Å²) in [6.07, 6.45) is 0.630. The maximum Gasteiger partial charge on any atom is 0.311 e. The number of halogens is 2. The maximum absolute atomic E-state index is 13.3. The summed E-state index contributed by atoms with van der Waals surface area (Å²) in [5, 5.41) is 21.0. The highest BCUT2D eigenvalue weighted by molar-refractivity contribution is 6.37. The molecule has 0 aliphatic carbocycles. The Bertz CT molecular complexity index is 1100. The van der Waals surface area contributed by atoms with Crippen LogP contribution < -0.4 is 0 Å². The minimum atomic E-state index is -1.00. The van der Waals surface area contributed by atoms with Crippen molar-refractivity contribution < 1.29 is 19.8 Å². The number of carbonyl (C=O) groups is 2. The fraction of sp³-hybridized carbons (Fsp3) is 0.273. The van der Waals surface area contributed by atoms with Crippen molar-refractivity contribution >= 4 is 46.0 Å². The van der Waals surface area contributed by atoms with Gasteiger partial charge in [0.05, 0.1) is 16.5 Å². The Morgan fingerprint density at radius 2 is 1.72 bits per heavy atom. The number of phenols is 1. The Morgan fingerprint density at radius 3 is 2.28 bits per heavy atom. The number of rotatable bonds is 5. The zero-order valence-corrected chi connectivity index (χ0v) is 17.8. The molecular formula is C22H21Cl2NO4. The fourth-order valence-corrected chi connectivity index (χ4v) is 4.12. The second-order valence-corrected chi connectivity index (χ2v) is 7.96. The van der Waals surface area contributed by atoms with Crippen molar-refractivity contribution in [1.82, 2.24) is 4.57 Å². The van der Waals surface area contributed by atoms with Crippen LogP contribution in [0.3, 0.4) is 0 Å². The van der Waals surface area contributed by atoms with Gasteiger partial charge in [0, 0.05) is 21.7 Å². The summed E-state index contributed by atoms with van der Waals surface area (Å²) in [5.41, 5.74) is 1.79. The summed E-state index contributed by atoms with van der Waals surface area (Å²) >= 11 is 12.3. The van der Waals surface area contributed by atoms with Crippen molar-refractivity contribution in [3.05, 3.63) is 63.3 Å². The van der Waals surface area contributed by atoms with Gasteiger partial charge in [-0.05, 0) is 54.8 Å². The van der Waals surface area contributed by atoms with Crippen LogP contribution in [0.5, 0.6) is 5.75 Å². The molecule has 1 aromatic heterocycles. The molecule has 0 aliphatic rings. The van der Waals surface area contributed by atoms with E-state index in [2.05, 4.69) is 0 Å². The first-order valence-electron chi connectivity index (χ1n) is 9.24. The van der Waals surface area contributed by atoms with Crippen LogP contribution in [0, 0.1) is 12.8 Å². The lowest BCUT2D eigenvalue weighted by Crippen LogP contribution is -2.21. The van der Waals surface area contributed by atoms with Crippen LogP contribution in [-0.4, -0.2) is 26.7 Å². The Balaban J connectivity index is 2.37. The molecule has 0 aliphatic heterocycles. The van der Waals surface area contributed by atoms with Gasteiger partial charge in [-0.25, -0.2) is 0 Å². The Kier molecular flexibility index (Phi) is 5.92. The molecule has 5 nitrogen and oxygen atoms in total. The van der Waals surface area contributed by atoms with Crippen molar-refractivity contribution in [3.63, 3.8) is 0 Å². The molecule has 3 aromatic rings. The standard InChI is InChI=1S/C22H21Cl2NO4/c1-4-11(2)17(22(28)29)18-12(3)25(15-9-10-16(26)20(24)19(15)18)21(27)13-5-7-14(23)8-6-13/h5-11,17,26H,4H2,1-3H3,(H,28,29). The number of fused-ring (bicyclic) bond motifs is 1. The number of aromatic nitrogens is 1. The molecule has 1 heterocycles. The highest BCUT2D eigenvalue weighted by Crippen LogP contribution is 2.43. The molecule has 0 bridgehead atoms. The highest BCUT2D eigenvalue weighted by Gasteiger charge is 2.34. The molecule has 152 valence electrons. The second-order valence-electron chi connectivity index (χ2n) is 7.14. The number of hydrogen-bond acceptors (Lipinski definition) is 3. The molecule has 0 amide bonds. The molecule has 29 heavy (non-hydrogen) atoms. The number of carbonyl (C=O) groups excluding carboxylic acids is 1. The van der Waals surface area contributed by atoms with E-state index < -0.39 is 11.9 Å². The quantitative estimate of drug-likeness (QED) is 0.527. The van der Waals surface area contributed by atoms with E-state index in [1.54, 1.807) is 37.3 Å². The van der Waals surface area contributed by atoms with Gasteiger partial charge in [0.25, 0.3) is 5.91 Å². The number of benzene rings is 2. The summed E-state index contributed by atoms with van der Waals surface area (Å²) in [6, 6.07) is 9.44. The molecule has 0 radical (unpaired) electrons. The molecule has 0 fully saturated rings. The largest absolute Gasteiger partial charge is 0.506 e. The summed E-state index contributed by atoms with van der Waals surface area (Å²) in [5.74, 6) is -2.56. The van der Waals surface area contributed by atoms with Crippen LogP contribution >= 0.6 is 23.2 Å². The zero-order chi connectivity index (χ0) is 21.5. The lowest BCUT2D eigenvalue weighted by molar-refractivity contribution is -0.140. The molecule has 2 unspecified atom stereocenters. The normalized spacial score (nSPS) is 13.4. The third-order valence-corrected chi connectivity index (χ3v) is 6.05. The van der Waals surface area contributed by atoms with Gasteiger partial charge < -0.3 is 10.2 Å². The van der Waals surface area contributed by atoms with Crippen LogP contribution in [0.15, 0.2) is 36.4 Å². The number of carboxylic acid groups (broad SMARTS) is 1. The van der Waals surface area contributed by atoms with Crippen LogP contribution in [0.25, 0.3) is 10.9 Å². The van der Waals surface area contributed by atoms with Gasteiger partial charge in [-0.1, -0.05) is 43.5 Å². The summed E-state index contributed by atoms with van der Waals surface area (Å²) in [6.45, 7) is 5.46. The van der Waals surface area contributed by atoms with Crippen molar-refractivity contribution in [2.75, 3.05) is 0 Å². The van der Waals surface area contributed by atoms with E-state index in [9.17, 15) is 19.8 Å². The van der Waals surface area contributed by atoms with Crippen molar-refractivity contribution in [3.8, 4) is 5.75 Å². The number of carboxylic acids is 1. The number of nitrogens with zero attached hydrogens (tertiary/aromatic N) is 1. The van der Waals surface area contributed by atoms with Gasteiger partial charge in [0.15, 0.2) is 0 Å². The SMILES string of the molecule is CCC(C)C(C(=O)O)c1c(C)n(C(=O)c2ccc(Cl)cc2)c2ccc(O)c(Cl)c12. The van der Waals surface area contributed by atoms with E-state index in [0.29, 0.717) is 39.2 Å². The molecular weight excluding hydrogens is 413 g/mol. The smallest absolute Gasteiger partial charge is 0.311 e. The predicted molar refractivity (Wildman–Crippen MR) is 114 cm³/mol. The average Bonchev–Trinajstić information content (AvgIpc) is 2.97. The van der Waals surface area contributed by atoms with Gasteiger partial charge in [-0.15, -0.1) is 0 Å². The summed E-state index contributed by atoms with van der Waals surface area (Å²) in [4.78, 5) is 25.5. The van der Waals surface area contributed by atoms with Crippen LogP contribution in [-0.2, 0) is 4.79 Å². The summed E-state index contributed by atoms with van der Waals surface area (Å²) < 4.78 is 1.46. The minimum Gasteiger partial charge on any atom is -0.506 e. The molecule has 0 saturated carbocycles. The third kappa shape index (κ3) is 3.61. The molecule has 2 aromatic carbocycles. The van der Waals surface area contributed by atoms with Gasteiger partial charge in [-0.2, -0.15) is 0 Å². The van der Waals surface area contributed by atoms with E-state index in [1.165, 1.54) is 10.6 Å². The Hall–Kier alpha value is -2.50. The second kappa shape index (κ2) is 8.09. The van der Waals surface area contributed by atoms with E-state index in [1.807, 2.05) is 13.8 Å². The van der Waals surface area contributed by atoms with Crippen molar-refractivity contribution in [2.45, 2.75) is 33.1 Å². The summed E-state index contributed by atoms with van der Waals surface area (Å²) in [7, 11) is 0. The van der Waals surface area contributed by atoms with Crippen LogP contribution in [0.2, 0.25) is 10.0 Å². The molecule has 2 N–H and O–H groups in total. The number of aliphatic carboxylic acids is 1. The molecule has 2 atom stereocenters. The van der Waals surface area contributed by atoms with Gasteiger partial charge in [0.2, 0.25) is 0 Å². The number of phenolic OH excluding ortho intramolecular Hbond substituents is 1.